The Balaban J connectivity index is 2.11. The van der Waals surface area contributed by atoms with Gasteiger partial charge in [0.2, 0.25) is 0 Å². The summed E-state index contributed by atoms with van der Waals surface area (Å²) in [6, 6.07) is -1.64. The third-order valence-corrected chi connectivity index (χ3v) is 4.61. The smallest absolute Gasteiger partial charge is 0.186 e. The Hall–Kier alpha value is -0.880. The number of ether oxygens (including phenoxy) is 2. The van der Waals surface area contributed by atoms with Crippen molar-refractivity contribution in [1.82, 2.24) is 5.32 Å². The monoisotopic (exact) mass is 361 g/mol. The Kier molecular flexibility index (Phi) is 7.09. The number of hydrogen-bond donors (Lipinski definition) is 7. The molecule has 0 aromatic carbocycles. The van der Waals surface area contributed by atoms with Crippen molar-refractivity contribution < 1.29 is 40.1 Å². The van der Waals surface area contributed by atoms with E-state index in [9.17, 15) is 30.6 Å². The molecule has 1 aliphatic heterocycles. The number of aliphatic hydroxyl groups excluding tert-OH is 6. The van der Waals surface area contributed by atoms with Crippen molar-refractivity contribution in [3.05, 3.63) is 24.3 Å². The van der Waals surface area contributed by atoms with Crippen molar-refractivity contribution >= 4 is 0 Å². The minimum atomic E-state index is -1.49. The van der Waals surface area contributed by atoms with Gasteiger partial charge in [0.1, 0.15) is 30.5 Å². The van der Waals surface area contributed by atoms with Crippen molar-refractivity contribution in [3.63, 3.8) is 0 Å². The van der Waals surface area contributed by atoms with Gasteiger partial charge in [0.15, 0.2) is 6.29 Å². The molecule has 7 N–H and O–H groups in total. The van der Waals surface area contributed by atoms with Gasteiger partial charge >= 0.3 is 0 Å². The Morgan fingerprint density at radius 2 is 1.84 bits per heavy atom. The van der Waals surface area contributed by atoms with Crippen LogP contribution in [0.2, 0.25) is 0 Å². The summed E-state index contributed by atoms with van der Waals surface area (Å²) in [6.45, 7) is 4.82. The molecule has 9 heteroatoms. The van der Waals surface area contributed by atoms with Gasteiger partial charge in [-0.25, -0.2) is 0 Å². The number of nitrogens with one attached hydrogen (secondary N) is 1. The molecule has 1 saturated heterocycles. The molecular formula is C16H27NO8. The summed E-state index contributed by atoms with van der Waals surface area (Å²) in [5, 5.41) is 62.5. The second-order valence-corrected chi connectivity index (χ2v) is 6.36. The first-order valence-corrected chi connectivity index (χ1v) is 8.17. The lowest BCUT2D eigenvalue weighted by Crippen LogP contribution is -2.66. The molecule has 0 amide bonds. The van der Waals surface area contributed by atoms with Gasteiger partial charge in [0.05, 0.1) is 31.4 Å². The normalized spacial score (nSPS) is 45.1. The minimum Gasteiger partial charge on any atom is -0.392 e. The number of aliphatic hydroxyl groups is 6. The predicted molar refractivity (Wildman–Crippen MR) is 86.4 cm³/mol. The molecule has 0 bridgehead atoms. The third-order valence-electron chi connectivity index (χ3n) is 4.61. The molecule has 0 saturated carbocycles. The molecule has 9 unspecified atom stereocenters. The summed E-state index contributed by atoms with van der Waals surface area (Å²) in [7, 11) is 0. The molecule has 9 nitrogen and oxygen atoms in total. The van der Waals surface area contributed by atoms with Crippen LogP contribution in [-0.4, -0.2) is 98.9 Å². The second-order valence-electron chi connectivity index (χ2n) is 6.36. The SMILES string of the molecule is C=CCOC1OC(C)C(NC2C=C(CO)C(O)C(O)C2O)C(O)C1O. The van der Waals surface area contributed by atoms with Crippen LogP contribution < -0.4 is 5.32 Å². The molecule has 0 aromatic rings. The van der Waals surface area contributed by atoms with Crippen LogP contribution in [0.25, 0.3) is 0 Å². The summed E-state index contributed by atoms with van der Waals surface area (Å²) in [6.07, 6.45) is -5.54. The number of hydrogen-bond acceptors (Lipinski definition) is 9. The molecule has 25 heavy (non-hydrogen) atoms. The lowest BCUT2D eigenvalue weighted by molar-refractivity contribution is -0.270. The Morgan fingerprint density at radius 1 is 1.16 bits per heavy atom. The van der Waals surface area contributed by atoms with Gasteiger partial charge in [-0.15, -0.1) is 6.58 Å². The van der Waals surface area contributed by atoms with Crippen LogP contribution in [0, 0.1) is 0 Å². The highest BCUT2D eigenvalue weighted by Crippen LogP contribution is 2.25. The molecule has 1 heterocycles. The molecule has 1 fully saturated rings. The quantitative estimate of drug-likeness (QED) is 0.245. The van der Waals surface area contributed by atoms with Gasteiger partial charge in [-0.2, -0.15) is 0 Å². The van der Waals surface area contributed by atoms with Crippen LogP contribution in [0.5, 0.6) is 0 Å². The van der Waals surface area contributed by atoms with Gasteiger partial charge in [-0.1, -0.05) is 12.2 Å². The van der Waals surface area contributed by atoms with E-state index in [-0.39, 0.29) is 12.2 Å². The summed E-state index contributed by atoms with van der Waals surface area (Å²) in [5.74, 6) is 0. The molecule has 0 spiro atoms. The van der Waals surface area contributed by atoms with E-state index in [1.165, 1.54) is 12.2 Å². The van der Waals surface area contributed by atoms with Crippen molar-refractivity contribution in [1.29, 1.82) is 0 Å². The fourth-order valence-electron chi connectivity index (χ4n) is 3.12. The van der Waals surface area contributed by atoms with Gasteiger partial charge in [-0.3, -0.25) is 0 Å². The average Bonchev–Trinajstić information content (AvgIpc) is 2.60. The Bertz CT molecular complexity index is 487. The highest BCUT2D eigenvalue weighted by molar-refractivity contribution is 5.22. The summed E-state index contributed by atoms with van der Waals surface area (Å²) < 4.78 is 10.8. The second kappa shape index (κ2) is 8.67. The van der Waals surface area contributed by atoms with E-state index in [2.05, 4.69) is 11.9 Å². The minimum absolute atomic E-state index is 0.146. The first-order valence-electron chi connectivity index (χ1n) is 8.17. The van der Waals surface area contributed by atoms with Crippen LogP contribution in [0.1, 0.15) is 6.92 Å². The zero-order valence-electron chi connectivity index (χ0n) is 14.0. The van der Waals surface area contributed by atoms with Crippen molar-refractivity contribution in [3.8, 4) is 0 Å². The van der Waals surface area contributed by atoms with Crippen LogP contribution in [-0.2, 0) is 9.47 Å². The van der Waals surface area contributed by atoms with Gasteiger partial charge < -0.3 is 45.4 Å². The van der Waals surface area contributed by atoms with Gasteiger partial charge in [0.25, 0.3) is 0 Å². The molecular weight excluding hydrogens is 334 g/mol. The van der Waals surface area contributed by atoms with Crippen LogP contribution >= 0.6 is 0 Å². The lowest BCUT2D eigenvalue weighted by Gasteiger charge is -2.44. The van der Waals surface area contributed by atoms with E-state index in [1.54, 1.807) is 6.92 Å². The standard InChI is InChI=1S/C16H27NO8/c1-3-4-24-16-15(23)13(21)10(7(2)25-16)17-9-5-8(6-18)11(19)14(22)12(9)20/h3,5,7,9-23H,1,4,6H2,2H3. The van der Waals surface area contributed by atoms with E-state index in [1.807, 2.05) is 0 Å². The summed E-state index contributed by atoms with van der Waals surface area (Å²) in [4.78, 5) is 0. The fourth-order valence-corrected chi connectivity index (χ4v) is 3.12. The third kappa shape index (κ3) is 4.27. The molecule has 144 valence electrons. The van der Waals surface area contributed by atoms with Crippen LogP contribution in [0.15, 0.2) is 24.3 Å². The van der Waals surface area contributed by atoms with E-state index in [0.717, 1.165) is 0 Å². The first-order chi connectivity index (χ1) is 11.8. The van der Waals surface area contributed by atoms with Crippen molar-refractivity contribution in [2.45, 2.75) is 61.9 Å². The summed E-state index contributed by atoms with van der Waals surface area (Å²) >= 11 is 0. The predicted octanol–water partition coefficient (Wildman–Crippen LogP) is -3.00. The van der Waals surface area contributed by atoms with Gasteiger partial charge in [0, 0.05) is 0 Å². The highest BCUT2D eigenvalue weighted by Gasteiger charge is 2.46. The molecule has 2 aliphatic rings. The highest BCUT2D eigenvalue weighted by atomic mass is 16.7. The zero-order valence-corrected chi connectivity index (χ0v) is 14.0. The van der Waals surface area contributed by atoms with E-state index in [0.29, 0.717) is 0 Å². The van der Waals surface area contributed by atoms with E-state index >= 15 is 0 Å². The topological polar surface area (TPSA) is 152 Å². The molecule has 1 aliphatic carbocycles. The maximum absolute atomic E-state index is 10.4. The molecule has 0 radical (unpaired) electrons. The van der Waals surface area contributed by atoms with Crippen molar-refractivity contribution in [2.75, 3.05) is 13.2 Å². The Labute approximate surface area is 145 Å². The molecule has 2 rings (SSSR count). The van der Waals surface area contributed by atoms with Crippen molar-refractivity contribution in [2.24, 2.45) is 0 Å². The van der Waals surface area contributed by atoms with Crippen LogP contribution in [0.3, 0.4) is 0 Å². The van der Waals surface area contributed by atoms with E-state index < -0.39 is 61.6 Å². The van der Waals surface area contributed by atoms with Crippen LogP contribution in [0.4, 0.5) is 0 Å². The zero-order chi connectivity index (χ0) is 18.7. The molecule has 0 aromatic heterocycles. The maximum atomic E-state index is 10.4. The van der Waals surface area contributed by atoms with E-state index in [4.69, 9.17) is 9.47 Å². The maximum Gasteiger partial charge on any atom is 0.186 e. The average molecular weight is 361 g/mol. The fraction of sp³-hybridized carbons (Fsp3) is 0.750. The lowest BCUT2D eigenvalue weighted by atomic mass is 9.86. The largest absolute Gasteiger partial charge is 0.392 e. The first kappa shape index (κ1) is 20.4. The summed E-state index contributed by atoms with van der Waals surface area (Å²) in [5.41, 5.74) is 0.155. The number of rotatable bonds is 6. The van der Waals surface area contributed by atoms with Gasteiger partial charge in [-0.05, 0) is 12.5 Å². The Morgan fingerprint density at radius 3 is 2.44 bits per heavy atom. The molecule has 9 atom stereocenters.